The number of nitrogens with zero attached hydrogens (tertiary/aromatic N) is 5. The Bertz CT molecular complexity index is 1110. The summed E-state index contributed by atoms with van der Waals surface area (Å²) in [6.45, 7) is 0. The summed E-state index contributed by atoms with van der Waals surface area (Å²) in [6.07, 6.45) is 4.25. The normalized spacial score (nSPS) is 11.2. The third-order valence-electron chi connectivity index (χ3n) is 3.75. The van der Waals surface area contributed by atoms with Gasteiger partial charge in [0.1, 0.15) is 28.7 Å². The fraction of sp³-hybridized carbons (Fsp3) is 0.0625. The molecule has 1 aromatic carbocycles. The summed E-state index contributed by atoms with van der Waals surface area (Å²) < 4.78 is 28.2. The number of anilines is 1. The molecule has 130 valence electrons. The minimum absolute atomic E-state index is 0.118. The summed E-state index contributed by atoms with van der Waals surface area (Å²) in [5, 5.41) is -0.172. The monoisotopic (exact) mass is 373 g/mol. The smallest absolute Gasteiger partial charge is 0.219 e. The molecule has 0 aliphatic heterocycles. The molecule has 4 aromatic rings. The number of nitrogens with one attached hydrogen (secondary N) is 1. The van der Waals surface area contributed by atoms with Crippen LogP contribution in [0.5, 0.6) is 0 Å². The van der Waals surface area contributed by atoms with Gasteiger partial charge in [0.2, 0.25) is 5.95 Å². The van der Waals surface area contributed by atoms with Gasteiger partial charge < -0.3 is 10.7 Å². The summed E-state index contributed by atoms with van der Waals surface area (Å²) >= 11 is 5.74. The Morgan fingerprint density at radius 3 is 2.62 bits per heavy atom. The number of imidazole rings is 1. The maximum Gasteiger partial charge on any atom is 0.219 e. The number of rotatable bonds is 3. The lowest BCUT2D eigenvalue weighted by Gasteiger charge is -2.08. The highest BCUT2D eigenvalue weighted by Crippen LogP contribution is 2.26. The molecule has 0 amide bonds. The third kappa shape index (κ3) is 2.82. The zero-order valence-electron chi connectivity index (χ0n) is 13.0. The number of benzene rings is 1. The number of hydrogen-bond donors (Lipinski definition) is 2. The first-order chi connectivity index (χ1) is 12.5. The highest BCUT2D eigenvalue weighted by atomic mass is 35.5. The summed E-state index contributed by atoms with van der Waals surface area (Å²) in [4.78, 5) is 23.6. The number of aromatic amines is 1. The number of hydrogen-bond acceptors (Lipinski definition) is 6. The number of fused-ring (bicyclic) bond motifs is 1. The van der Waals surface area contributed by atoms with E-state index in [9.17, 15) is 8.78 Å². The Hall–Kier alpha value is -3.20. The summed E-state index contributed by atoms with van der Waals surface area (Å²) in [5.41, 5.74) is 7.20. The van der Waals surface area contributed by atoms with Gasteiger partial charge in [-0.15, -0.1) is 0 Å². The highest BCUT2D eigenvalue weighted by molar-refractivity contribution is 6.30. The molecule has 0 atom stereocenters. The Kier molecular flexibility index (Phi) is 3.92. The lowest BCUT2D eigenvalue weighted by atomic mass is 10.1. The molecule has 26 heavy (non-hydrogen) atoms. The first kappa shape index (κ1) is 16.3. The van der Waals surface area contributed by atoms with Crippen LogP contribution in [0.15, 0.2) is 30.9 Å². The van der Waals surface area contributed by atoms with Crippen molar-refractivity contribution in [1.29, 1.82) is 0 Å². The largest absolute Gasteiger partial charge is 0.368 e. The lowest BCUT2D eigenvalue weighted by molar-refractivity contribution is 0.559. The lowest BCUT2D eigenvalue weighted by Crippen LogP contribution is -2.04. The van der Waals surface area contributed by atoms with Gasteiger partial charge in [-0.05, 0) is 12.1 Å². The van der Waals surface area contributed by atoms with Gasteiger partial charge in [-0.1, -0.05) is 11.6 Å². The van der Waals surface area contributed by atoms with E-state index in [1.165, 1.54) is 18.7 Å². The number of H-pyrrole nitrogens is 1. The standard InChI is InChI=1S/C16H10ClF2N7/c17-9-1-2-10(18)8(12(9)19)3-11-25-13(7-4-21-16(20)22-5-7)14-15(26-11)24-6-23-14/h1-2,4-6H,3H2,(H2,20,21,22)(H,23,24,25,26). The summed E-state index contributed by atoms with van der Waals surface area (Å²) in [7, 11) is 0. The minimum Gasteiger partial charge on any atom is -0.368 e. The Balaban J connectivity index is 1.85. The molecule has 0 saturated carbocycles. The quantitative estimate of drug-likeness (QED) is 0.535. The van der Waals surface area contributed by atoms with E-state index in [1.807, 2.05) is 0 Å². The van der Waals surface area contributed by atoms with Gasteiger partial charge in [-0.25, -0.2) is 33.7 Å². The summed E-state index contributed by atoms with van der Waals surface area (Å²) in [5.74, 6) is -1.27. The number of aromatic nitrogens is 6. The number of halogens is 3. The number of nitrogen functional groups attached to an aromatic ring is 1. The first-order valence-electron chi connectivity index (χ1n) is 7.43. The highest BCUT2D eigenvalue weighted by Gasteiger charge is 2.18. The van der Waals surface area contributed by atoms with Crippen molar-refractivity contribution < 1.29 is 8.78 Å². The van der Waals surface area contributed by atoms with E-state index in [2.05, 4.69) is 29.9 Å². The van der Waals surface area contributed by atoms with Crippen LogP contribution in [0.1, 0.15) is 11.4 Å². The van der Waals surface area contributed by atoms with Crippen LogP contribution < -0.4 is 5.73 Å². The average Bonchev–Trinajstić information content (AvgIpc) is 3.11. The maximum atomic E-state index is 14.2. The van der Waals surface area contributed by atoms with Crippen molar-refractivity contribution in [3.63, 3.8) is 0 Å². The van der Waals surface area contributed by atoms with Crippen molar-refractivity contribution in [2.75, 3.05) is 5.73 Å². The molecule has 0 radical (unpaired) electrons. The second kappa shape index (κ2) is 6.26. The molecule has 0 fully saturated rings. The molecule has 3 N–H and O–H groups in total. The van der Waals surface area contributed by atoms with E-state index < -0.39 is 11.6 Å². The fourth-order valence-electron chi connectivity index (χ4n) is 2.52. The SMILES string of the molecule is Nc1ncc(-c2nc(Cc3c(F)ccc(Cl)c3F)nc3nc[nH]c23)cn1. The van der Waals surface area contributed by atoms with Gasteiger partial charge >= 0.3 is 0 Å². The molecule has 10 heteroatoms. The fourth-order valence-corrected chi connectivity index (χ4v) is 2.69. The van der Waals surface area contributed by atoms with Crippen molar-refractivity contribution in [3.05, 3.63) is 58.9 Å². The van der Waals surface area contributed by atoms with Gasteiger partial charge in [0, 0.05) is 29.9 Å². The van der Waals surface area contributed by atoms with E-state index in [-0.39, 0.29) is 28.8 Å². The van der Waals surface area contributed by atoms with Gasteiger partial charge in [0.15, 0.2) is 5.65 Å². The van der Waals surface area contributed by atoms with E-state index >= 15 is 0 Å². The van der Waals surface area contributed by atoms with E-state index in [4.69, 9.17) is 17.3 Å². The molecular weight excluding hydrogens is 364 g/mol. The second-order valence-corrected chi connectivity index (χ2v) is 5.83. The van der Waals surface area contributed by atoms with Gasteiger partial charge in [-0.3, -0.25) is 0 Å². The molecule has 0 saturated heterocycles. The topological polar surface area (TPSA) is 106 Å². The van der Waals surface area contributed by atoms with Crippen molar-refractivity contribution in [2.45, 2.75) is 6.42 Å². The molecule has 3 heterocycles. The molecule has 3 aromatic heterocycles. The minimum atomic E-state index is -0.838. The molecule has 7 nitrogen and oxygen atoms in total. The van der Waals surface area contributed by atoms with E-state index in [0.717, 1.165) is 12.1 Å². The molecule has 0 spiro atoms. The van der Waals surface area contributed by atoms with Crippen molar-refractivity contribution in [2.24, 2.45) is 0 Å². The van der Waals surface area contributed by atoms with Crippen LogP contribution in [-0.2, 0) is 6.42 Å². The van der Waals surface area contributed by atoms with Crippen LogP contribution in [0.2, 0.25) is 5.02 Å². The number of nitrogens with two attached hydrogens (primary N) is 1. The first-order valence-corrected chi connectivity index (χ1v) is 7.81. The van der Waals surface area contributed by atoms with Crippen LogP contribution in [0.25, 0.3) is 22.4 Å². The van der Waals surface area contributed by atoms with Crippen LogP contribution in [0, 0.1) is 11.6 Å². The van der Waals surface area contributed by atoms with Crippen LogP contribution >= 0.6 is 11.6 Å². The van der Waals surface area contributed by atoms with Gasteiger partial charge in [-0.2, -0.15) is 0 Å². The van der Waals surface area contributed by atoms with Crippen LogP contribution in [0.3, 0.4) is 0 Å². The molecule has 0 bridgehead atoms. The van der Waals surface area contributed by atoms with E-state index in [0.29, 0.717) is 22.4 Å². The van der Waals surface area contributed by atoms with Crippen molar-refractivity contribution in [3.8, 4) is 11.3 Å². The van der Waals surface area contributed by atoms with Crippen molar-refractivity contribution in [1.82, 2.24) is 29.9 Å². The van der Waals surface area contributed by atoms with Crippen LogP contribution in [0.4, 0.5) is 14.7 Å². The van der Waals surface area contributed by atoms with Crippen molar-refractivity contribution >= 4 is 28.7 Å². The zero-order valence-corrected chi connectivity index (χ0v) is 13.8. The predicted molar refractivity (Wildman–Crippen MR) is 91.3 cm³/mol. The molecule has 0 aliphatic rings. The third-order valence-corrected chi connectivity index (χ3v) is 4.04. The average molecular weight is 374 g/mol. The summed E-state index contributed by atoms with van der Waals surface area (Å²) in [6, 6.07) is 2.26. The Labute approximate surface area is 150 Å². The Morgan fingerprint density at radius 1 is 1.08 bits per heavy atom. The molecule has 0 aliphatic carbocycles. The second-order valence-electron chi connectivity index (χ2n) is 5.42. The zero-order chi connectivity index (χ0) is 18.3. The molecule has 4 rings (SSSR count). The van der Waals surface area contributed by atoms with E-state index in [1.54, 1.807) is 0 Å². The maximum absolute atomic E-state index is 14.2. The van der Waals surface area contributed by atoms with Gasteiger partial charge in [0.25, 0.3) is 0 Å². The van der Waals surface area contributed by atoms with Gasteiger partial charge in [0.05, 0.1) is 11.3 Å². The molecular formula is C16H10ClF2N7. The van der Waals surface area contributed by atoms with Crippen LogP contribution in [-0.4, -0.2) is 29.9 Å². The predicted octanol–water partition coefficient (Wildman–Crippen LogP) is 2.91. The molecule has 0 unspecified atom stereocenters. The Morgan fingerprint density at radius 2 is 1.85 bits per heavy atom.